The minimum Gasteiger partial charge on any atom is -0.347 e. The summed E-state index contributed by atoms with van der Waals surface area (Å²) in [6.45, 7) is 6.44. The third kappa shape index (κ3) is 4.58. The molecular formula is C18H26N2O2. The fourth-order valence-corrected chi connectivity index (χ4v) is 2.55. The van der Waals surface area contributed by atoms with Crippen molar-refractivity contribution in [1.82, 2.24) is 10.2 Å². The Morgan fingerprint density at radius 2 is 1.82 bits per heavy atom. The van der Waals surface area contributed by atoms with Gasteiger partial charge in [0.1, 0.15) is 0 Å². The van der Waals surface area contributed by atoms with E-state index in [2.05, 4.69) is 26.1 Å². The quantitative estimate of drug-likeness (QED) is 0.840. The largest absolute Gasteiger partial charge is 0.347 e. The van der Waals surface area contributed by atoms with Crippen molar-refractivity contribution in [2.24, 2.45) is 5.92 Å². The van der Waals surface area contributed by atoms with Gasteiger partial charge in [-0.3, -0.25) is 9.59 Å². The smallest absolute Gasteiger partial charge is 0.242 e. The van der Waals surface area contributed by atoms with Crippen LogP contribution in [0.2, 0.25) is 0 Å². The monoisotopic (exact) mass is 302 g/mol. The lowest BCUT2D eigenvalue weighted by Gasteiger charge is -2.32. The van der Waals surface area contributed by atoms with Crippen molar-refractivity contribution in [2.75, 3.05) is 6.54 Å². The van der Waals surface area contributed by atoms with Gasteiger partial charge in [-0.05, 0) is 31.2 Å². The third-order valence-corrected chi connectivity index (χ3v) is 4.28. The molecular weight excluding hydrogens is 276 g/mol. The van der Waals surface area contributed by atoms with Crippen LogP contribution in [-0.4, -0.2) is 35.3 Å². The van der Waals surface area contributed by atoms with Crippen LogP contribution in [0, 0.1) is 5.92 Å². The molecule has 0 aromatic heterocycles. The highest BCUT2D eigenvalue weighted by Crippen LogP contribution is 2.30. The summed E-state index contributed by atoms with van der Waals surface area (Å²) in [6.07, 6.45) is 2.48. The Morgan fingerprint density at radius 1 is 1.18 bits per heavy atom. The Morgan fingerprint density at radius 3 is 2.36 bits per heavy atom. The molecule has 1 aliphatic carbocycles. The van der Waals surface area contributed by atoms with Gasteiger partial charge in [0, 0.05) is 12.1 Å². The molecule has 0 heterocycles. The van der Waals surface area contributed by atoms with Crippen LogP contribution in [0.5, 0.6) is 0 Å². The van der Waals surface area contributed by atoms with Crippen molar-refractivity contribution >= 4 is 11.8 Å². The molecule has 0 spiro atoms. The van der Waals surface area contributed by atoms with E-state index < -0.39 is 0 Å². The molecule has 1 aromatic rings. The van der Waals surface area contributed by atoms with Crippen molar-refractivity contribution < 1.29 is 9.59 Å². The molecule has 0 radical (unpaired) electrons. The molecule has 1 atom stereocenters. The topological polar surface area (TPSA) is 49.4 Å². The summed E-state index contributed by atoms with van der Waals surface area (Å²) in [4.78, 5) is 26.4. The Labute approximate surface area is 132 Å². The predicted molar refractivity (Wildman–Crippen MR) is 87.3 cm³/mol. The van der Waals surface area contributed by atoms with Crippen molar-refractivity contribution in [3.63, 3.8) is 0 Å². The number of carbonyl (C=O) groups excluding carboxylic acids is 2. The highest BCUT2D eigenvalue weighted by molar-refractivity contribution is 5.86. The zero-order chi connectivity index (χ0) is 16.1. The fourth-order valence-electron chi connectivity index (χ4n) is 2.55. The molecule has 1 saturated carbocycles. The summed E-state index contributed by atoms with van der Waals surface area (Å²) in [6, 6.07) is 10.2. The molecule has 0 saturated heterocycles. The van der Waals surface area contributed by atoms with Gasteiger partial charge in [-0.1, -0.05) is 44.2 Å². The molecule has 22 heavy (non-hydrogen) atoms. The molecule has 4 nitrogen and oxygen atoms in total. The molecule has 0 aliphatic heterocycles. The van der Waals surface area contributed by atoms with E-state index in [9.17, 15) is 9.59 Å². The Hall–Kier alpha value is -1.84. The van der Waals surface area contributed by atoms with Crippen LogP contribution >= 0.6 is 0 Å². The van der Waals surface area contributed by atoms with E-state index in [1.54, 1.807) is 0 Å². The average molecular weight is 302 g/mol. The summed E-state index contributed by atoms with van der Waals surface area (Å²) < 4.78 is 0. The van der Waals surface area contributed by atoms with Crippen LogP contribution in [-0.2, 0) is 16.0 Å². The molecule has 2 amide bonds. The maximum atomic E-state index is 12.4. The lowest BCUT2D eigenvalue weighted by molar-refractivity contribution is -0.135. The lowest BCUT2D eigenvalue weighted by Crippen LogP contribution is -2.47. The lowest BCUT2D eigenvalue weighted by atomic mass is 10.0. The number of rotatable bonds is 7. The minimum atomic E-state index is -0.104. The zero-order valence-corrected chi connectivity index (χ0v) is 13.7. The van der Waals surface area contributed by atoms with E-state index in [-0.39, 0.29) is 24.4 Å². The van der Waals surface area contributed by atoms with Gasteiger partial charge in [0.05, 0.1) is 13.0 Å². The molecule has 2 rings (SSSR count). The average Bonchev–Trinajstić information content (AvgIpc) is 3.31. The highest BCUT2D eigenvalue weighted by atomic mass is 16.2. The van der Waals surface area contributed by atoms with Crippen LogP contribution in [0.3, 0.4) is 0 Å². The van der Waals surface area contributed by atoms with Gasteiger partial charge in [-0.2, -0.15) is 0 Å². The summed E-state index contributed by atoms with van der Waals surface area (Å²) in [5.41, 5.74) is 0.960. The fraction of sp³-hybridized carbons (Fsp3) is 0.556. The number of benzene rings is 1. The van der Waals surface area contributed by atoms with Crippen LogP contribution in [0.4, 0.5) is 0 Å². The minimum absolute atomic E-state index is 0.0325. The van der Waals surface area contributed by atoms with Crippen LogP contribution in [0.15, 0.2) is 30.3 Å². The summed E-state index contributed by atoms with van der Waals surface area (Å²) in [7, 11) is 0. The SMILES string of the molecule is CC(C)[C@H](C)N(C(=O)CNC(=O)Cc1ccccc1)C1CC1. The van der Waals surface area contributed by atoms with E-state index >= 15 is 0 Å². The number of amides is 2. The Kier molecular flexibility index (Phi) is 5.58. The molecule has 1 fully saturated rings. The Bertz CT molecular complexity index is 509. The molecule has 4 heteroatoms. The number of nitrogens with zero attached hydrogens (tertiary/aromatic N) is 1. The van der Waals surface area contributed by atoms with Gasteiger partial charge in [-0.25, -0.2) is 0 Å². The van der Waals surface area contributed by atoms with E-state index in [0.717, 1.165) is 18.4 Å². The summed E-state index contributed by atoms with van der Waals surface area (Å²) in [5.74, 6) is 0.349. The maximum Gasteiger partial charge on any atom is 0.242 e. The van der Waals surface area contributed by atoms with Gasteiger partial charge in [0.25, 0.3) is 0 Å². The molecule has 1 N–H and O–H groups in total. The second-order valence-electron chi connectivity index (χ2n) is 6.46. The maximum absolute atomic E-state index is 12.4. The predicted octanol–water partition coefficient (Wildman–Crippen LogP) is 2.38. The van der Waals surface area contributed by atoms with Gasteiger partial charge >= 0.3 is 0 Å². The first-order valence-corrected chi connectivity index (χ1v) is 8.11. The van der Waals surface area contributed by atoms with Crippen LogP contribution in [0.1, 0.15) is 39.2 Å². The van der Waals surface area contributed by atoms with E-state index in [4.69, 9.17) is 0 Å². The summed E-state index contributed by atoms with van der Waals surface area (Å²) >= 11 is 0. The van der Waals surface area contributed by atoms with Gasteiger partial charge in [-0.15, -0.1) is 0 Å². The Balaban J connectivity index is 1.84. The highest BCUT2D eigenvalue weighted by Gasteiger charge is 2.36. The first kappa shape index (κ1) is 16.5. The van der Waals surface area contributed by atoms with E-state index in [0.29, 0.717) is 18.4 Å². The second-order valence-corrected chi connectivity index (χ2v) is 6.46. The van der Waals surface area contributed by atoms with Gasteiger partial charge in [0.2, 0.25) is 11.8 Å². The molecule has 0 bridgehead atoms. The standard InChI is InChI=1S/C18H26N2O2/c1-13(2)14(3)20(16-9-10-16)18(22)12-19-17(21)11-15-7-5-4-6-8-15/h4-8,13-14,16H,9-12H2,1-3H3,(H,19,21)/t14-/m0/s1. The zero-order valence-electron chi connectivity index (χ0n) is 13.7. The molecule has 0 unspecified atom stereocenters. The van der Waals surface area contributed by atoms with E-state index in [1.165, 1.54) is 0 Å². The van der Waals surface area contributed by atoms with Gasteiger partial charge < -0.3 is 10.2 Å². The molecule has 1 aromatic carbocycles. The van der Waals surface area contributed by atoms with Crippen LogP contribution in [0.25, 0.3) is 0 Å². The molecule has 1 aliphatic rings. The first-order valence-electron chi connectivity index (χ1n) is 8.11. The number of hydrogen-bond donors (Lipinski definition) is 1. The van der Waals surface area contributed by atoms with Crippen LogP contribution < -0.4 is 5.32 Å². The third-order valence-electron chi connectivity index (χ3n) is 4.28. The number of carbonyl (C=O) groups is 2. The first-order chi connectivity index (χ1) is 10.5. The van der Waals surface area contributed by atoms with Crippen molar-refractivity contribution in [1.29, 1.82) is 0 Å². The van der Waals surface area contributed by atoms with Gasteiger partial charge in [0.15, 0.2) is 0 Å². The second kappa shape index (κ2) is 7.43. The van der Waals surface area contributed by atoms with Crippen molar-refractivity contribution in [3.05, 3.63) is 35.9 Å². The number of nitrogens with one attached hydrogen (secondary N) is 1. The normalized spacial score (nSPS) is 15.5. The van der Waals surface area contributed by atoms with Crippen molar-refractivity contribution in [3.8, 4) is 0 Å². The summed E-state index contributed by atoms with van der Waals surface area (Å²) in [5, 5.41) is 2.76. The van der Waals surface area contributed by atoms with Crippen molar-refractivity contribution in [2.45, 2.75) is 52.1 Å². The molecule has 120 valence electrons. The van der Waals surface area contributed by atoms with E-state index in [1.807, 2.05) is 35.2 Å². The number of hydrogen-bond acceptors (Lipinski definition) is 2.